The van der Waals surface area contributed by atoms with Gasteiger partial charge in [0, 0.05) is 22.9 Å². The van der Waals surface area contributed by atoms with Gasteiger partial charge in [-0.1, -0.05) is 90.9 Å². The number of nitrogens with zero attached hydrogens (tertiary/aromatic N) is 4. The number of aromatic nitrogens is 4. The van der Waals surface area contributed by atoms with Crippen LogP contribution in [0.25, 0.3) is 11.3 Å². The maximum absolute atomic E-state index is 13.1. The minimum atomic E-state index is -0.262. The molecule has 0 unspecified atom stereocenters. The van der Waals surface area contributed by atoms with Crippen molar-refractivity contribution in [1.82, 2.24) is 25.2 Å². The van der Waals surface area contributed by atoms with Crippen molar-refractivity contribution >= 4 is 29.3 Å². The molecule has 0 saturated carbocycles. The van der Waals surface area contributed by atoms with Crippen molar-refractivity contribution in [2.75, 3.05) is 0 Å². The molecule has 4 aromatic rings. The average Bonchev–Trinajstić information content (AvgIpc) is 3.40. The van der Waals surface area contributed by atoms with Crippen LogP contribution in [0.2, 0.25) is 5.02 Å². The van der Waals surface area contributed by atoms with Gasteiger partial charge in [0.1, 0.15) is 17.0 Å². The Morgan fingerprint density at radius 1 is 1.12 bits per heavy atom. The zero-order valence-corrected chi connectivity index (χ0v) is 20.9. The lowest BCUT2D eigenvalue weighted by Gasteiger charge is -2.13. The van der Waals surface area contributed by atoms with E-state index in [0.717, 1.165) is 27.9 Å². The number of hydrogen-bond donors (Lipinski definition) is 1. The third-order valence-electron chi connectivity index (χ3n) is 5.20. The largest absolute Gasteiger partial charge is 0.360 e. The van der Waals surface area contributed by atoms with Crippen LogP contribution >= 0.6 is 23.4 Å². The summed E-state index contributed by atoms with van der Waals surface area (Å²) < 4.78 is 7.39. The molecule has 0 bridgehead atoms. The summed E-state index contributed by atoms with van der Waals surface area (Å²) in [5.41, 5.74) is 2.81. The monoisotopic (exact) mass is 495 g/mol. The molecule has 0 spiro atoms. The Morgan fingerprint density at radius 3 is 2.59 bits per heavy atom. The van der Waals surface area contributed by atoms with E-state index in [-0.39, 0.29) is 12.5 Å². The summed E-state index contributed by atoms with van der Waals surface area (Å²) in [5, 5.41) is 17.4. The number of carbonyl (C=O) groups is 1. The normalized spacial score (nSPS) is 11.2. The number of amides is 1. The van der Waals surface area contributed by atoms with Gasteiger partial charge >= 0.3 is 0 Å². The van der Waals surface area contributed by atoms with Gasteiger partial charge in [-0.3, -0.25) is 4.79 Å². The van der Waals surface area contributed by atoms with Crippen LogP contribution in [0.15, 0.2) is 64.3 Å². The molecule has 2 aromatic carbocycles. The van der Waals surface area contributed by atoms with Crippen molar-refractivity contribution in [2.45, 2.75) is 44.8 Å². The van der Waals surface area contributed by atoms with Crippen LogP contribution in [-0.2, 0) is 18.8 Å². The van der Waals surface area contributed by atoms with Crippen LogP contribution < -0.4 is 5.32 Å². The number of halogens is 1. The highest BCUT2D eigenvalue weighted by atomic mass is 35.5. The fourth-order valence-corrected chi connectivity index (χ4v) is 4.80. The molecule has 0 saturated heterocycles. The summed E-state index contributed by atoms with van der Waals surface area (Å²) in [5.74, 6) is 1.97. The summed E-state index contributed by atoms with van der Waals surface area (Å²) in [6.07, 6.45) is 0. The van der Waals surface area contributed by atoms with Crippen molar-refractivity contribution in [3.63, 3.8) is 0 Å². The van der Waals surface area contributed by atoms with Gasteiger partial charge in [0.2, 0.25) is 0 Å². The first-order chi connectivity index (χ1) is 16.4. The number of nitrogens with one attached hydrogen (secondary N) is 1. The van der Waals surface area contributed by atoms with Crippen molar-refractivity contribution in [3.8, 4) is 11.3 Å². The minimum Gasteiger partial charge on any atom is -0.360 e. The Kier molecular flexibility index (Phi) is 7.70. The smallest absolute Gasteiger partial charge is 0.257 e. The summed E-state index contributed by atoms with van der Waals surface area (Å²) in [4.78, 5) is 13.1. The zero-order chi connectivity index (χ0) is 24.1. The molecular weight excluding hydrogens is 470 g/mol. The molecule has 34 heavy (non-hydrogen) atoms. The van der Waals surface area contributed by atoms with Gasteiger partial charge in [0.15, 0.2) is 11.0 Å². The summed E-state index contributed by atoms with van der Waals surface area (Å²) >= 11 is 7.89. The number of carbonyl (C=O) groups excluding carboxylic acids is 1. The van der Waals surface area contributed by atoms with Crippen molar-refractivity contribution < 1.29 is 9.32 Å². The number of aryl methyl sites for hydroxylation is 1. The Balaban J connectivity index is 1.50. The number of benzene rings is 2. The first-order valence-corrected chi connectivity index (χ1v) is 12.4. The lowest BCUT2D eigenvalue weighted by molar-refractivity contribution is 0.0948. The number of thioether (sulfide) groups is 1. The Morgan fingerprint density at radius 2 is 1.85 bits per heavy atom. The van der Waals surface area contributed by atoms with Gasteiger partial charge in [0.05, 0.1) is 6.54 Å². The predicted molar refractivity (Wildman–Crippen MR) is 134 cm³/mol. The van der Waals surface area contributed by atoms with Gasteiger partial charge in [-0.05, 0) is 24.5 Å². The fraction of sp³-hybridized carbons (Fsp3) is 0.280. The Hall–Kier alpha value is -3.10. The van der Waals surface area contributed by atoms with Gasteiger partial charge in [-0.15, -0.1) is 10.2 Å². The summed E-state index contributed by atoms with van der Waals surface area (Å²) in [6.45, 7) is 6.99. The molecule has 4 rings (SSSR count). The van der Waals surface area contributed by atoms with E-state index in [1.165, 1.54) is 0 Å². The van der Waals surface area contributed by atoms with E-state index in [0.29, 0.717) is 34.5 Å². The molecule has 0 aliphatic rings. The number of hydrogen-bond acceptors (Lipinski definition) is 6. The van der Waals surface area contributed by atoms with E-state index in [4.69, 9.17) is 16.1 Å². The highest BCUT2D eigenvalue weighted by Gasteiger charge is 2.22. The van der Waals surface area contributed by atoms with E-state index < -0.39 is 0 Å². The van der Waals surface area contributed by atoms with E-state index in [2.05, 4.69) is 39.1 Å². The number of rotatable bonds is 9. The highest BCUT2D eigenvalue weighted by molar-refractivity contribution is 7.98. The van der Waals surface area contributed by atoms with E-state index in [1.54, 1.807) is 18.7 Å². The first-order valence-electron chi connectivity index (χ1n) is 11.0. The van der Waals surface area contributed by atoms with Crippen molar-refractivity contribution in [2.24, 2.45) is 5.92 Å². The van der Waals surface area contributed by atoms with E-state index in [9.17, 15) is 4.79 Å². The van der Waals surface area contributed by atoms with E-state index in [1.807, 2.05) is 54.6 Å². The molecule has 9 heteroatoms. The van der Waals surface area contributed by atoms with Crippen molar-refractivity contribution in [1.29, 1.82) is 0 Å². The third-order valence-corrected chi connectivity index (χ3v) is 6.58. The predicted octanol–water partition coefficient (Wildman–Crippen LogP) is 5.77. The fourth-order valence-electron chi connectivity index (χ4n) is 3.54. The first kappa shape index (κ1) is 24.0. The average molecular weight is 496 g/mol. The van der Waals surface area contributed by atoms with Crippen molar-refractivity contribution in [3.05, 3.63) is 82.3 Å². The molecule has 7 nitrogen and oxygen atoms in total. The molecule has 0 aliphatic heterocycles. The molecule has 0 atom stereocenters. The molecule has 2 heterocycles. The van der Waals surface area contributed by atoms with Crippen LogP contribution in [-0.4, -0.2) is 25.8 Å². The molecule has 1 amide bonds. The second kappa shape index (κ2) is 10.9. The highest BCUT2D eigenvalue weighted by Crippen LogP contribution is 2.27. The topological polar surface area (TPSA) is 85.8 Å². The van der Waals surface area contributed by atoms with Crippen LogP contribution in [0.3, 0.4) is 0 Å². The van der Waals surface area contributed by atoms with Gasteiger partial charge in [-0.2, -0.15) is 0 Å². The molecule has 0 aliphatic carbocycles. The standard InChI is InChI=1S/C25H26ClN5O2S/c1-16(2)14-31-21(28-29-25(31)34-15-19-11-7-8-12-20(19)26)13-27-24(32)22-17(3)33-30-23(22)18-9-5-4-6-10-18/h4-12,16H,13-15H2,1-3H3,(H,27,32). The maximum Gasteiger partial charge on any atom is 0.257 e. The Bertz CT molecular complexity index is 1270. The third kappa shape index (κ3) is 5.51. The SMILES string of the molecule is Cc1onc(-c2ccccc2)c1C(=O)NCc1nnc(SCc2ccccc2Cl)n1CC(C)C. The quantitative estimate of drug-likeness (QED) is 0.296. The molecule has 1 N–H and O–H groups in total. The van der Waals surface area contributed by atoms with Gasteiger partial charge in [0.25, 0.3) is 5.91 Å². The summed E-state index contributed by atoms with van der Waals surface area (Å²) in [6, 6.07) is 17.3. The van der Waals surface area contributed by atoms with E-state index >= 15 is 0 Å². The van der Waals surface area contributed by atoms with Gasteiger partial charge in [-0.25, -0.2) is 0 Å². The maximum atomic E-state index is 13.1. The van der Waals surface area contributed by atoms with Gasteiger partial charge < -0.3 is 14.4 Å². The second-order valence-corrected chi connectivity index (χ2v) is 9.64. The lowest BCUT2D eigenvalue weighted by Crippen LogP contribution is -2.26. The van der Waals surface area contributed by atoms with Crippen LogP contribution in [0.1, 0.15) is 41.4 Å². The summed E-state index contributed by atoms with van der Waals surface area (Å²) in [7, 11) is 0. The lowest BCUT2D eigenvalue weighted by atomic mass is 10.1. The van der Waals surface area contributed by atoms with Crippen LogP contribution in [0, 0.1) is 12.8 Å². The van der Waals surface area contributed by atoms with Crippen LogP contribution in [0.4, 0.5) is 0 Å². The van der Waals surface area contributed by atoms with Crippen LogP contribution in [0.5, 0.6) is 0 Å². The molecule has 0 fully saturated rings. The molecule has 176 valence electrons. The Labute approximate surface area is 207 Å². The molecule has 0 radical (unpaired) electrons. The molecular formula is C25H26ClN5O2S. The molecule has 2 aromatic heterocycles. The second-order valence-electron chi connectivity index (χ2n) is 8.29. The minimum absolute atomic E-state index is 0.240. The zero-order valence-electron chi connectivity index (χ0n) is 19.3.